The van der Waals surface area contributed by atoms with E-state index in [-0.39, 0.29) is 11.4 Å². The highest BCUT2D eigenvalue weighted by atomic mass is 16.2. The van der Waals surface area contributed by atoms with Crippen molar-refractivity contribution in [3.63, 3.8) is 0 Å². The lowest BCUT2D eigenvalue weighted by atomic mass is 9.85. The van der Waals surface area contributed by atoms with E-state index in [0.717, 1.165) is 19.6 Å². The van der Waals surface area contributed by atoms with Crippen LogP contribution in [0.2, 0.25) is 0 Å². The standard InChI is InChI=1S/C13H18N4O/c1-13(2)11-6-14-5-10(11)7-17(13)12(18)9-3-15-8-16-4-9/h3-4,8,10-11,14H,5-7H2,1-2H3. The average molecular weight is 246 g/mol. The Bertz CT molecular complexity index is 459. The molecule has 0 radical (unpaired) electrons. The molecule has 2 aliphatic heterocycles. The molecule has 1 N–H and O–H groups in total. The van der Waals surface area contributed by atoms with Gasteiger partial charge in [0.1, 0.15) is 6.33 Å². The monoisotopic (exact) mass is 246 g/mol. The second kappa shape index (κ2) is 4.02. The molecule has 18 heavy (non-hydrogen) atoms. The third kappa shape index (κ3) is 1.61. The van der Waals surface area contributed by atoms with Gasteiger partial charge in [-0.25, -0.2) is 9.97 Å². The molecule has 0 saturated carbocycles. The fraction of sp³-hybridized carbons (Fsp3) is 0.615. The van der Waals surface area contributed by atoms with Gasteiger partial charge in [0.05, 0.1) is 5.56 Å². The summed E-state index contributed by atoms with van der Waals surface area (Å²) in [7, 11) is 0. The van der Waals surface area contributed by atoms with E-state index in [4.69, 9.17) is 0 Å². The summed E-state index contributed by atoms with van der Waals surface area (Å²) >= 11 is 0. The zero-order chi connectivity index (χ0) is 12.8. The third-order valence-electron chi connectivity index (χ3n) is 4.41. The van der Waals surface area contributed by atoms with Crippen molar-refractivity contribution in [1.29, 1.82) is 0 Å². The molecular formula is C13H18N4O. The van der Waals surface area contributed by atoms with Gasteiger partial charge in [-0.05, 0) is 25.7 Å². The number of fused-ring (bicyclic) bond motifs is 1. The molecule has 1 amide bonds. The largest absolute Gasteiger partial charge is 0.333 e. The van der Waals surface area contributed by atoms with Crippen molar-refractivity contribution in [3.8, 4) is 0 Å². The first-order valence-electron chi connectivity index (χ1n) is 6.38. The molecule has 2 aliphatic rings. The highest BCUT2D eigenvalue weighted by Crippen LogP contribution is 2.41. The minimum absolute atomic E-state index is 0.0509. The summed E-state index contributed by atoms with van der Waals surface area (Å²) in [6.07, 6.45) is 4.64. The van der Waals surface area contributed by atoms with E-state index in [1.54, 1.807) is 12.4 Å². The number of carbonyl (C=O) groups is 1. The summed E-state index contributed by atoms with van der Waals surface area (Å²) < 4.78 is 0. The van der Waals surface area contributed by atoms with Gasteiger partial charge in [0.25, 0.3) is 5.91 Å². The van der Waals surface area contributed by atoms with Crippen molar-refractivity contribution in [2.75, 3.05) is 19.6 Å². The van der Waals surface area contributed by atoms with Crippen molar-refractivity contribution in [2.45, 2.75) is 19.4 Å². The van der Waals surface area contributed by atoms with Crippen molar-refractivity contribution in [3.05, 3.63) is 24.3 Å². The van der Waals surface area contributed by atoms with Gasteiger partial charge in [-0.2, -0.15) is 0 Å². The summed E-state index contributed by atoms with van der Waals surface area (Å²) in [6.45, 7) is 7.17. The second-order valence-corrected chi connectivity index (χ2v) is 5.72. The normalized spacial score (nSPS) is 29.3. The van der Waals surface area contributed by atoms with Crippen LogP contribution >= 0.6 is 0 Å². The Kier molecular flexibility index (Phi) is 2.59. The Morgan fingerprint density at radius 2 is 2.11 bits per heavy atom. The van der Waals surface area contributed by atoms with Crippen LogP contribution in [0.5, 0.6) is 0 Å². The fourth-order valence-corrected chi connectivity index (χ4v) is 3.33. The Labute approximate surface area is 107 Å². The summed E-state index contributed by atoms with van der Waals surface area (Å²) in [5, 5.41) is 3.42. The van der Waals surface area contributed by atoms with Crippen LogP contribution in [-0.4, -0.2) is 45.9 Å². The van der Waals surface area contributed by atoms with E-state index < -0.39 is 0 Å². The van der Waals surface area contributed by atoms with Gasteiger partial charge in [-0.1, -0.05) is 0 Å². The quantitative estimate of drug-likeness (QED) is 0.786. The highest BCUT2D eigenvalue weighted by Gasteiger charge is 2.51. The molecule has 1 aromatic heterocycles. The molecule has 3 rings (SSSR count). The van der Waals surface area contributed by atoms with Gasteiger partial charge in [0, 0.05) is 37.6 Å². The van der Waals surface area contributed by atoms with E-state index in [2.05, 4.69) is 29.1 Å². The SMILES string of the molecule is CC1(C)C2CNCC2CN1C(=O)c1cncnc1. The molecule has 2 fully saturated rings. The van der Waals surface area contributed by atoms with Gasteiger partial charge < -0.3 is 10.2 Å². The zero-order valence-electron chi connectivity index (χ0n) is 10.8. The molecule has 0 aromatic carbocycles. The number of carbonyl (C=O) groups excluding carboxylic acids is 1. The molecule has 2 atom stereocenters. The molecule has 1 aromatic rings. The Morgan fingerprint density at radius 3 is 2.78 bits per heavy atom. The van der Waals surface area contributed by atoms with Gasteiger partial charge in [-0.15, -0.1) is 0 Å². The molecule has 0 bridgehead atoms. The number of rotatable bonds is 1. The lowest BCUT2D eigenvalue weighted by Crippen LogP contribution is -2.47. The van der Waals surface area contributed by atoms with Crippen molar-refractivity contribution in [1.82, 2.24) is 20.2 Å². The second-order valence-electron chi connectivity index (χ2n) is 5.72. The van der Waals surface area contributed by atoms with Crippen LogP contribution in [-0.2, 0) is 0 Å². The maximum Gasteiger partial charge on any atom is 0.257 e. The minimum atomic E-state index is -0.0961. The van der Waals surface area contributed by atoms with Gasteiger partial charge in [-0.3, -0.25) is 4.79 Å². The third-order valence-corrected chi connectivity index (χ3v) is 4.41. The van der Waals surface area contributed by atoms with Crippen LogP contribution in [0.15, 0.2) is 18.7 Å². The number of nitrogens with zero attached hydrogens (tertiary/aromatic N) is 3. The van der Waals surface area contributed by atoms with Crippen LogP contribution in [0.3, 0.4) is 0 Å². The van der Waals surface area contributed by atoms with E-state index >= 15 is 0 Å². The maximum atomic E-state index is 12.5. The van der Waals surface area contributed by atoms with Crippen LogP contribution in [0, 0.1) is 11.8 Å². The highest BCUT2D eigenvalue weighted by molar-refractivity contribution is 5.94. The first-order chi connectivity index (χ1) is 8.60. The molecule has 96 valence electrons. The molecule has 0 spiro atoms. The van der Waals surface area contributed by atoms with E-state index in [0.29, 0.717) is 17.4 Å². The van der Waals surface area contributed by atoms with Gasteiger partial charge in [0.2, 0.25) is 0 Å². The van der Waals surface area contributed by atoms with Crippen molar-refractivity contribution >= 4 is 5.91 Å². The zero-order valence-corrected chi connectivity index (χ0v) is 10.8. The summed E-state index contributed by atoms with van der Waals surface area (Å²) in [4.78, 5) is 22.4. The molecule has 3 heterocycles. The van der Waals surface area contributed by atoms with Crippen LogP contribution < -0.4 is 5.32 Å². The summed E-state index contributed by atoms with van der Waals surface area (Å²) in [5.74, 6) is 1.18. The number of nitrogens with one attached hydrogen (secondary N) is 1. The van der Waals surface area contributed by atoms with Crippen LogP contribution in [0.4, 0.5) is 0 Å². The molecule has 2 unspecified atom stereocenters. The van der Waals surface area contributed by atoms with Crippen molar-refractivity contribution < 1.29 is 4.79 Å². The molecule has 0 aliphatic carbocycles. The average Bonchev–Trinajstić information content (AvgIpc) is 2.92. The molecule has 5 nitrogen and oxygen atoms in total. The number of likely N-dealkylation sites (tertiary alicyclic amines) is 1. The number of hydrogen-bond acceptors (Lipinski definition) is 4. The number of aromatic nitrogens is 2. The smallest absolute Gasteiger partial charge is 0.257 e. The maximum absolute atomic E-state index is 12.5. The Morgan fingerprint density at radius 1 is 1.39 bits per heavy atom. The minimum Gasteiger partial charge on any atom is -0.333 e. The topological polar surface area (TPSA) is 58.1 Å². The van der Waals surface area contributed by atoms with Crippen LogP contribution in [0.25, 0.3) is 0 Å². The predicted molar refractivity (Wildman–Crippen MR) is 67.0 cm³/mol. The van der Waals surface area contributed by atoms with E-state index in [1.807, 2.05) is 4.90 Å². The van der Waals surface area contributed by atoms with Crippen molar-refractivity contribution in [2.24, 2.45) is 11.8 Å². The molecule has 2 saturated heterocycles. The van der Waals surface area contributed by atoms with Gasteiger partial charge in [0.15, 0.2) is 0 Å². The Hall–Kier alpha value is -1.49. The summed E-state index contributed by atoms with van der Waals surface area (Å²) in [6, 6.07) is 0. The number of amides is 1. The van der Waals surface area contributed by atoms with E-state index in [1.165, 1.54) is 6.33 Å². The first-order valence-corrected chi connectivity index (χ1v) is 6.38. The lowest BCUT2D eigenvalue weighted by molar-refractivity contribution is 0.0602. The Balaban J connectivity index is 1.87. The first kappa shape index (κ1) is 11.6. The van der Waals surface area contributed by atoms with E-state index in [9.17, 15) is 4.79 Å². The van der Waals surface area contributed by atoms with Crippen LogP contribution in [0.1, 0.15) is 24.2 Å². The fourth-order valence-electron chi connectivity index (χ4n) is 3.33. The summed E-state index contributed by atoms with van der Waals surface area (Å²) in [5.41, 5.74) is 0.486. The number of hydrogen-bond donors (Lipinski definition) is 1. The predicted octanol–water partition coefficient (Wildman–Crippen LogP) is 0.547. The molecular weight excluding hydrogens is 228 g/mol. The van der Waals surface area contributed by atoms with Gasteiger partial charge >= 0.3 is 0 Å². The molecule has 5 heteroatoms. The lowest BCUT2D eigenvalue weighted by Gasteiger charge is -2.35.